The number of aryl methyl sites for hydroxylation is 2. The summed E-state index contributed by atoms with van der Waals surface area (Å²) in [5.41, 5.74) is 0.724. The van der Waals surface area contributed by atoms with Crippen LogP contribution in [0.5, 0.6) is 0 Å². The highest BCUT2D eigenvalue weighted by molar-refractivity contribution is 7.13. The van der Waals surface area contributed by atoms with E-state index < -0.39 is 12.1 Å². The quantitative estimate of drug-likeness (QED) is 0.907. The number of hydrogen-bond acceptors (Lipinski definition) is 5. The first-order valence-electron chi connectivity index (χ1n) is 6.63. The van der Waals surface area contributed by atoms with Crippen molar-refractivity contribution in [2.24, 2.45) is 0 Å². The van der Waals surface area contributed by atoms with Gasteiger partial charge in [-0.2, -0.15) is 0 Å². The molecule has 1 saturated heterocycles. The van der Waals surface area contributed by atoms with E-state index in [9.17, 15) is 9.59 Å². The van der Waals surface area contributed by atoms with Gasteiger partial charge in [0.05, 0.1) is 23.9 Å². The molecule has 1 aromatic heterocycles. The van der Waals surface area contributed by atoms with Crippen LogP contribution in [0.25, 0.3) is 0 Å². The van der Waals surface area contributed by atoms with E-state index in [0.29, 0.717) is 11.4 Å². The van der Waals surface area contributed by atoms with E-state index in [1.165, 1.54) is 11.3 Å². The lowest BCUT2D eigenvalue weighted by molar-refractivity contribution is -0.154. The summed E-state index contributed by atoms with van der Waals surface area (Å²) in [7, 11) is 0. The average molecular weight is 298 g/mol. The van der Waals surface area contributed by atoms with E-state index in [1.807, 2.05) is 6.92 Å². The van der Waals surface area contributed by atoms with Gasteiger partial charge < -0.3 is 14.7 Å². The van der Waals surface area contributed by atoms with Crippen LogP contribution >= 0.6 is 11.3 Å². The Hall–Kier alpha value is -1.47. The van der Waals surface area contributed by atoms with Gasteiger partial charge in [0.15, 0.2) is 6.10 Å². The molecule has 2 rings (SSSR count). The van der Waals surface area contributed by atoms with Gasteiger partial charge >= 0.3 is 5.97 Å². The smallest absolute Gasteiger partial charge is 0.334 e. The van der Waals surface area contributed by atoms with Gasteiger partial charge in [0.25, 0.3) is 5.91 Å². The number of rotatable bonds is 4. The van der Waals surface area contributed by atoms with E-state index >= 15 is 0 Å². The molecule has 20 heavy (non-hydrogen) atoms. The molecule has 1 amide bonds. The second kappa shape index (κ2) is 6.32. The summed E-state index contributed by atoms with van der Waals surface area (Å²) in [4.78, 5) is 29.9. The summed E-state index contributed by atoms with van der Waals surface area (Å²) < 4.78 is 5.12. The molecule has 0 aromatic carbocycles. The van der Waals surface area contributed by atoms with Gasteiger partial charge in [0.1, 0.15) is 4.88 Å². The van der Waals surface area contributed by atoms with Gasteiger partial charge in [-0.3, -0.25) is 4.79 Å². The fraction of sp³-hybridized carbons (Fsp3) is 0.615. The van der Waals surface area contributed by atoms with E-state index in [2.05, 4.69) is 11.9 Å². The number of thiazole rings is 1. The number of carbonyl (C=O) groups excluding carboxylic acids is 1. The molecule has 6 nitrogen and oxygen atoms in total. The molecular formula is C13H18N2O4S. The molecule has 0 aliphatic carbocycles. The molecule has 1 aliphatic rings. The number of hydrogen-bond donors (Lipinski definition) is 1. The lowest BCUT2D eigenvalue weighted by atomic mass is 10.2. The van der Waals surface area contributed by atoms with E-state index in [1.54, 1.807) is 4.90 Å². The van der Waals surface area contributed by atoms with Crippen LogP contribution in [0.4, 0.5) is 0 Å². The molecule has 110 valence electrons. The number of carboxylic acid groups (broad SMARTS) is 1. The Labute approximate surface area is 121 Å². The van der Waals surface area contributed by atoms with Crippen molar-refractivity contribution in [2.45, 2.75) is 32.8 Å². The van der Waals surface area contributed by atoms with Crippen LogP contribution < -0.4 is 0 Å². The van der Waals surface area contributed by atoms with Crippen LogP contribution in [0.1, 0.15) is 33.7 Å². The Morgan fingerprint density at radius 1 is 1.55 bits per heavy atom. The second-order valence-electron chi connectivity index (χ2n) is 4.72. The van der Waals surface area contributed by atoms with E-state index in [0.717, 1.165) is 23.5 Å². The Bertz CT molecular complexity index is 514. The monoisotopic (exact) mass is 298 g/mol. The Kier molecular flexibility index (Phi) is 4.72. The van der Waals surface area contributed by atoms with Crippen molar-refractivity contribution in [3.63, 3.8) is 0 Å². The van der Waals surface area contributed by atoms with Crippen molar-refractivity contribution in [1.29, 1.82) is 0 Å². The zero-order chi connectivity index (χ0) is 14.7. The second-order valence-corrected chi connectivity index (χ2v) is 5.80. The minimum absolute atomic E-state index is 0.0919. The van der Waals surface area contributed by atoms with E-state index in [-0.39, 0.29) is 19.1 Å². The first-order chi connectivity index (χ1) is 9.52. The highest BCUT2D eigenvalue weighted by Gasteiger charge is 2.31. The number of aliphatic carboxylic acids is 1. The minimum Gasteiger partial charge on any atom is -0.479 e. The molecule has 1 atom stereocenters. The largest absolute Gasteiger partial charge is 0.479 e. The number of carboxylic acids is 1. The fourth-order valence-corrected chi connectivity index (χ4v) is 3.23. The summed E-state index contributed by atoms with van der Waals surface area (Å²) in [6, 6.07) is 0. The third kappa shape index (κ3) is 3.16. The standard InChI is InChI=1S/C13H18N2O4S/c1-3-4-10-14-8(2)11(20-10)12(16)15-5-6-19-9(7-15)13(17)18/h9H,3-7H2,1-2H3,(H,17,18)/t9-/m1/s1. The molecule has 1 aromatic rings. The molecule has 0 bridgehead atoms. The van der Waals surface area contributed by atoms with Crippen LogP contribution in [0, 0.1) is 6.92 Å². The molecule has 0 unspecified atom stereocenters. The number of ether oxygens (including phenoxy) is 1. The Balaban J connectivity index is 2.12. The molecular weight excluding hydrogens is 280 g/mol. The number of amides is 1. The molecule has 7 heteroatoms. The topological polar surface area (TPSA) is 79.7 Å². The number of carbonyl (C=O) groups is 2. The molecule has 1 aliphatic heterocycles. The van der Waals surface area contributed by atoms with Gasteiger partial charge in [0.2, 0.25) is 0 Å². The number of nitrogens with zero attached hydrogens (tertiary/aromatic N) is 2. The molecule has 0 spiro atoms. The summed E-state index contributed by atoms with van der Waals surface area (Å²) in [5, 5.41) is 9.92. The fourth-order valence-electron chi connectivity index (χ4n) is 2.10. The van der Waals surface area contributed by atoms with Gasteiger partial charge in [-0.1, -0.05) is 6.92 Å². The predicted molar refractivity (Wildman–Crippen MR) is 74.1 cm³/mol. The molecule has 0 saturated carbocycles. The van der Waals surface area contributed by atoms with Gasteiger partial charge in [-0.25, -0.2) is 9.78 Å². The Morgan fingerprint density at radius 3 is 2.95 bits per heavy atom. The van der Waals surface area contributed by atoms with Crippen molar-refractivity contribution in [1.82, 2.24) is 9.88 Å². The third-order valence-electron chi connectivity index (χ3n) is 3.13. The lowest BCUT2D eigenvalue weighted by Crippen LogP contribution is -2.48. The van der Waals surface area contributed by atoms with Crippen molar-refractivity contribution >= 4 is 23.2 Å². The highest BCUT2D eigenvalue weighted by atomic mass is 32.1. The van der Waals surface area contributed by atoms with Crippen molar-refractivity contribution in [2.75, 3.05) is 19.7 Å². The van der Waals surface area contributed by atoms with Crippen molar-refractivity contribution in [3.05, 3.63) is 15.6 Å². The average Bonchev–Trinajstić information content (AvgIpc) is 2.79. The van der Waals surface area contributed by atoms with Crippen LogP contribution in [0.2, 0.25) is 0 Å². The van der Waals surface area contributed by atoms with Crippen LogP contribution in [-0.4, -0.2) is 52.7 Å². The van der Waals surface area contributed by atoms with Gasteiger partial charge in [0, 0.05) is 6.54 Å². The summed E-state index contributed by atoms with van der Waals surface area (Å²) in [6.45, 7) is 4.65. The third-order valence-corrected chi connectivity index (χ3v) is 4.33. The first-order valence-corrected chi connectivity index (χ1v) is 7.44. The van der Waals surface area contributed by atoms with Crippen LogP contribution in [0.15, 0.2) is 0 Å². The van der Waals surface area contributed by atoms with Crippen LogP contribution in [-0.2, 0) is 16.0 Å². The normalized spacial score (nSPS) is 19.1. The van der Waals surface area contributed by atoms with E-state index in [4.69, 9.17) is 9.84 Å². The first kappa shape index (κ1) is 14.9. The predicted octanol–water partition coefficient (Wildman–Crippen LogP) is 1.33. The molecule has 1 fully saturated rings. The van der Waals surface area contributed by atoms with Crippen molar-refractivity contribution in [3.8, 4) is 0 Å². The Morgan fingerprint density at radius 2 is 2.30 bits per heavy atom. The summed E-state index contributed by atoms with van der Waals surface area (Å²) in [5.74, 6) is -1.17. The van der Waals surface area contributed by atoms with Gasteiger partial charge in [-0.15, -0.1) is 11.3 Å². The number of aromatic nitrogens is 1. The zero-order valence-corrected chi connectivity index (χ0v) is 12.4. The maximum absolute atomic E-state index is 12.5. The number of morpholine rings is 1. The maximum atomic E-state index is 12.5. The molecule has 2 heterocycles. The molecule has 0 radical (unpaired) electrons. The van der Waals surface area contributed by atoms with Crippen LogP contribution in [0.3, 0.4) is 0 Å². The van der Waals surface area contributed by atoms with Crippen molar-refractivity contribution < 1.29 is 19.4 Å². The summed E-state index contributed by atoms with van der Waals surface area (Å²) >= 11 is 1.40. The molecule has 1 N–H and O–H groups in total. The zero-order valence-electron chi connectivity index (χ0n) is 11.6. The summed E-state index contributed by atoms with van der Waals surface area (Å²) in [6.07, 6.45) is 0.912. The van der Waals surface area contributed by atoms with Gasteiger partial charge in [-0.05, 0) is 19.8 Å². The lowest BCUT2D eigenvalue weighted by Gasteiger charge is -2.30. The maximum Gasteiger partial charge on any atom is 0.334 e. The highest BCUT2D eigenvalue weighted by Crippen LogP contribution is 2.22. The SMILES string of the molecule is CCCc1nc(C)c(C(=O)N2CCO[C@@H](C(=O)O)C2)s1. The minimum atomic E-state index is -1.03.